The lowest BCUT2D eigenvalue weighted by atomic mass is 10.1. The van der Waals surface area contributed by atoms with Gasteiger partial charge in [0.1, 0.15) is 5.75 Å². The summed E-state index contributed by atoms with van der Waals surface area (Å²) in [5.41, 5.74) is 1.92. The number of rotatable bonds is 9. The molecule has 2 aromatic carbocycles. The molecule has 1 fully saturated rings. The Morgan fingerprint density at radius 1 is 1.00 bits per heavy atom. The Labute approximate surface area is 160 Å². The normalized spacial score (nSPS) is 17.8. The molecule has 2 N–H and O–H groups in total. The highest BCUT2D eigenvalue weighted by molar-refractivity contribution is 6.00. The minimum absolute atomic E-state index is 0.0266. The average molecular weight is 366 g/mol. The maximum absolute atomic E-state index is 12.4. The Morgan fingerprint density at radius 2 is 1.70 bits per heavy atom. The van der Waals surface area contributed by atoms with Crippen molar-refractivity contribution in [1.29, 1.82) is 0 Å². The van der Waals surface area contributed by atoms with Crippen LogP contribution in [-0.4, -0.2) is 25.0 Å². The molecule has 0 bridgehead atoms. The highest BCUT2D eigenvalue weighted by Gasteiger charge is 2.48. The largest absolute Gasteiger partial charge is 0.492 e. The van der Waals surface area contributed by atoms with E-state index in [2.05, 4.69) is 22.8 Å². The van der Waals surface area contributed by atoms with E-state index >= 15 is 0 Å². The second-order valence-electron chi connectivity index (χ2n) is 6.75. The van der Waals surface area contributed by atoms with Gasteiger partial charge in [-0.3, -0.25) is 9.59 Å². The Bertz CT molecular complexity index is 776. The van der Waals surface area contributed by atoms with E-state index in [-0.39, 0.29) is 23.7 Å². The molecule has 5 heteroatoms. The van der Waals surface area contributed by atoms with Crippen molar-refractivity contribution in [3.05, 3.63) is 60.2 Å². The van der Waals surface area contributed by atoms with Crippen LogP contribution in [0.3, 0.4) is 0 Å². The van der Waals surface area contributed by atoms with E-state index in [1.54, 1.807) is 0 Å². The van der Waals surface area contributed by atoms with Gasteiger partial charge in [-0.15, -0.1) is 0 Å². The van der Waals surface area contributed by atoms with Gasteiger partial charge in [0, 0.05) is 6.54 Å². The van der Waals surface area contributed by atoms with Crippen LogP contribution in [0.2, 0.25) is 0 Å². The minimum atomic E-state index is -0.256. The van der Waals surface area contributed by atoms with Crippen LogP contribution in [0.15, 0.2) is 54.6 Å². The summed E-state index contributed by atoms with van der Waals surface area (Å²) in [6.07, 6.45) is 2.43. The van der Waals surface area contributed by atoms with Gasteiger partial charge in [0.15, 0.2) is 0 Å². The topological polar surface area (TPSA) is 67.4 Å². The Kier molecular flexibility index (Phi) is 6.47. The molecule has 1 aliphatic carbocycles. The molecule has 0 saturated heterocycles. The van der Waals surface area contributed by atoms with Crippen molar-refractivity contribution in [2.75, 3.05) is 18.5 Å². The summed E-state index contributed by atoms with van der Waals surface area (Å²) in [4.78, 5) is 24.7. The fourth-order valence-electron chi connectivity index (χ4n) is 3.13. The predicted octanol–water partition coefficient (Wildman–Crippen LogP) is 3.41. The van der Waals surface area contributed by atoms with Crippen molar-refractivity contribution in [1.82, 2.24) is 5.32 Å². The van der Waals surface area contributed by atoms with Crippen LogP contribution in [0, 0.1) is 11.8 Å². The van der Waals surface area contributed by atoms with Gasteiger partial charge in [0.05, 0.1) is 24.1 Å². The fraction of sp³-hybridized carbons (Fsp3) is 0.364. The molecule has 2 amide bonds. The number of aryl methyl sites for hydroxylation is 1. The predicted molar refractivity (Wildman–Crippen MR) is 106 cm³/mol. The van der Waals surface area contributed by atoms with Gasteiger partial charge in [-0.2, -0.15) is 0 Å². The van der Waals surface area contributed by atoms with Gasteiger partial charge >= 0.3 is 0 Å². The number of carbonyl (C=O) groups excluding carboxylic acids is 2. The Hall–Kier alpha value is -2.82. The Morgan fingerprint density at radius 3 is 2.48 bits per heavy atom. The summed E-state index contributed by atoms with van der Waals surface area (Å²) in [5, 5.41) is 5.84. The summed E-state index contributed by atoms with van der Waals surface area (Å²) in [7, 11) is 0. The Balaban J connectivity index is 1.41. The second kappa shape index (κ2) is 9.21. The third-order valence-electron chi connectivity index (χ3n) is 4.69. The second-order valence-corrected chi connectivity index (χ2v) is 6.75. The first-order valence-electron chi connectivity index (χ1n) is 9.53. The van der Waals surface area contributed by atoms with Crippen LogP contribution in [0.1, 0.15) is 25.3 Å². The summed E-state index contributed by atoms with van der Waals surface area (Å²) in [6.45, 7) is 3.06. The van der Waals surface area contributed by atoms with E-state index in [0.717, 1.165) is 12.8 Å². The number of anilines is 1. The van der Waals surface area contributed by atoms with Crippen LogP contribution in [0.5, 0.6) is 5.75 Å². The zero-order valence-corrected chi connectivity index (χ0v) is 15.6. The van der Waals surface area contributed by atoms with Gasteiger partial charge in [0.25, 0.3) is 0 Å². The van der Waals surface area contributed by atoms with E-state index in [9.17, 15) is 9.59 Å². The number of amides is 2. The molecular weight excluding hydrogens is 340 g/mol. The minimum Gasteiger partial charge on any atom is -0.492 e. The zero-order valence-electron chi connectivity index (χ0n) is 15.6. The zero-order chi connectivity index (χ0) is 19.1. The molecule has 1 saturated carbocycles. The smallest absolute Gasteiger partial charge is 0.228 e. The van der Waals surface area contributed by atoms with E-state index in [0.29, 0.717) is 31.0 Å². The van der Waals surface area contributed by atoms with Crippen LogP contribution in [-0.2, 0) is 16.0 Å². The molecule has 27 heavy (non-hydrogen) atoms. The first-order chi connectivity index (χ1) is 13.2. The lowest BCUT2D eigenvalue weighted by Gasteiger charge is -2.11. The molecule has 0 aromatic heterocycles. The summed E-state index contributed by atoms with van der Waals surface area (Å²) < 4.78 is 5.52. The van der Waals surface area contributed by atoms with Crippen molar-refractivity contribution in [3.8, 4) is 5.75 Å². The first-order valence-corrected chi connectivity index (χ1v) is 9.53. The number of ether oxygens (including phenoxy) is 1. The molecule has 0 heterocycles. The van der Waals surface area contributed by atoms with E-state index < -0.39 is 0 Å². The highest BCUT2D eigenvalue weighted by atomic mass is 16.5. The van der Waals surface area contributed by atoms with Crippen molar-refractivity contribution in [3.63, 3.8) is 0 Å². The molecule has 142 valence electrons. The molecule has 0 spiro atoms. The molecule has 0 radical (unpaired) electrons. The lowest BCUT2D eigenvalue weighted by Crippen LogP contribution is -2.28. The summed E-state index contributed by atoms with van der Waals surface area (Å²) in [5.74, 6) is 0.0265. The molecule has 5 nitrogen and oxygen atoms in total. The van der Waals surface area contributed by atoms with Crippen LogP contribution >= 0.6 is 0 Å². The molecule has 2 aromatic rings. The van der Waals surface area contributed by atoms with Crippen molar-refractivity contribution < 1.29 is 14.3 Å². The first kappa shape index (κ1) is 19.0. The molecule has 2 atom stereocenters. The molecule has 2 unspecified atom stereocenters. The van der Waals surface area contributed by atoms with Crippen molar-refractivity contribution >= 4 is 17.5 Å². The number of benzene rings is 2. The summed E-state index contributed by atoms with van der Waals surface area (Å²) >= 11 is 0. The van der Waals surface area contributed by atoms with E-state index in [1.165, 1.54) is 5.56 Å². The van der Waals surface area contributed by atoms with Gasteiger partial charge in [0.2, 0.25) is 11.8 Å². The summed E-state index contributed by atoms with van der Waals surface area (Å²) in [6, 6.07) is 17.6. The lowest BCUT2D eigenvalue weighted by molar-refractivity contribution is -0.125. The highest BCUT2D eigenvalue weighted by Crippen LogP contribution is 2.40. The van der Waals surface area contributed by atoms with Gasteiger partial charge in [-0.1, -0.05) is 42.5 Å². The van der Waals surface area contributed by atoms with E-state index in [1.807, 2.05) is 49.4 Å². The fourth-order valence-corrected chi connectivity index (χ4v) is 3.13. The van der Waals surface area contributed by atoms with Gasteiger partial charge < -0.3 is 15.4 Å². The van der Waals surface area contributed by atoms with Gasteiger partial charge in [-0.25, -0.2) is 0 Å². The average Bonchev–Trinajstić information content (AvgIpc) is 3.49. The molecular formula is C22H26N2O3. The van der Waals surface area contributed by atoms with E-state index in [4.69, 9.17) is 4.74 Å². The standard InChI is InChI=1S/C22H26N2O3/c1-2-27-20-13-7-6-12-19(20)24-22(26)18-15-17(18)21(25)23-14-8-11-16-9-4-3-5-10-16/h3-7,9-10,12-13,17-18H,2,8,11,14-15H2,1H3,(H,23,25)(H,24,26). The third kappa shape index (κ3) is 5.33. The molecule has 0 aliphatic heterocycles. The van der Waals surface area contributed by atoms with Crippen LogP contribution in [0.25, 0.3) is 0 Å². The quantitative estimate of drug-likeness (QED) is 0.668. The van der Waals surface area contributed by atoms with Crippen molar-refractivity contribution in [2.45, 2.75) is 26.2 Å². The number of carbonyl (C=O) groups is 2. The molecule has 3 rings (SSSR count). The van der Waals surface area contributed by atoms with Gasteiger partial charge in [-0.05, 0) is 43.9 Å². The number of hydrogen-bond acceptors (Lipinski definition) is 3. The van der Waals surface area contributed by atoms with Crippen molar-refractivity contribution in [2.24, 2.45) is 11.8 Å². The van der Waals surface area contributed by atoms with Crippen LogP contribution < -0.4 is 15.4 Å². The third-order valence-corrected chi connectivity index (χ3v) is 4.69. The maximum Gasteiger partial charge on any atom is 0.228 e. The number of para-hydroxylation sites is 2. The van der Waals surface area contributed by atoms with Crippen LogP contribution in [0.4, 0.5) is 5.69 Å². The number of nitrogens with one attached hydrogen (secondary N) is 2. The maximum atomic E-state index is 12.4. The SMILES string of the molecule is CCOc1ccccc1NC(=O)C1CC1C(=O)NCCCc1ccccc1. The monoisotopic (exact) mass is 366 g/mol. The number of hydrogen-bond donors (Lipinski definition) is 2. The molecule has 1 aliphatic rings.